The van der Waals surface area contributed by atoms with Crippen molar-refractivity contribution in [2.75, 3.05) is 0 Å². The minimum absolute atomic E-state index is 0.143. The maximum Gasteiger partial charge on any atom is 0.116 e. The van der Waals surface area contributed by atoms with Crippen molar-refractivity contribution in [2.24, 2.45) is 10.9 Å². The van der Waals surface area contributed by atoms with Crippen LogP contribution >= 0.6 is 11.6 Å². The van der Waals surface area contributed by atoms with E-state index >= 15 is 0 Å². The van der Waals surface area contributed by atoms with Crippen LogP contribution in [-0.2, 0) is 0 Å². The number of nitrogens with zero attached hydrogens (tertiary/aromatic N) is 1. The first kappa shape index (κ1) is 7.88. The number of hydrazone groups is 1. The monoisotopic (exact) mass is 170 g/mol. The molecule has 0 amide bonds. The first-order valence-electron chi connectivity index (χ1n) is 2.96. The molecule has 0 saturated heterocycles. The van der Waals surface area contributed by atoms with Gasteiger partial charge >= 0.3 is 0 Å². The molecule has 1 aromatic carbocycles. The molecule has 0 aliphatic carbocycles. The molecule has 0 spiro atoms. The van der Waals surface area contributed by atoms with Crippen molar-refractivity contribution in [1.29, 1.82) is 0 Å². The van der Waals surface area contributed by atoms with E-state index in [1.54, 1.807) is 6.07 Å². The molecule has 3 N–H and O–H groups in total. The zero-order valence-corrected chi connectivity index (χ0v) is 6.42. The van der Waals surface area contributed by atoms with Gasteiger partial charge in [0.2, 0.25) is 0 Å². The summed E-state index contributed by atoms with van der Waals surface area (Å²) >= 11 is 5.72. The Hall–Kier alpha value is -1.22. The number of phenols is 1. The number of rotatable bonds is 1. The Bertz CT molecular complexity index is 286. The number of benzene rings is 1. The summed E-state index contributed by atoms with van der Waals surface area (Å²) in [7, 11) is 0. The van der Waals surface area contributed by atoms with Crippen molar-refractivity contribution in [3.63, 3.8) is 0 Å². The smallest absolute Gasteiger partial charge is 0.116 e. The zero-order valence-electron chi connectivity index (χ0n) is 5.66. The van der Waals surface area contributed by atoms with Gasteiger partial charge in [-0.2, -0.15) is 5.10 Å². The topological polar surface area (TPSA) is 58.6 Å². The van der Waals surface area contributed by atoms with Gasteiger partial charge < -0.3 is 10.9 Å². The molecule has 0 atom stereocenters. The average Bonchev–Trinajstić information content (AvgIpc) is 1.98. The molecule has 0 fully saturated rings. The minimum atomic E-state index is 0.143. The highest BCUT2D eigenvalue weighted by atomic mass is 35.5. The number of halogens is 1. The van der Waals surface area contributed by atoms with Gasteiger partial charge in [-0.1, -0.05) is 11.6 Å². The third-order valence-corrected chi connectivity index (χ3v) is 1.54. The standard InChI is InChI=1S/C7H7ClN2O/c8-7-2-1-6(11)3-5(7)4-10-9/h1-4,11H,9H2. The van der Waals surface area contributed by atoms with E-state index in [2.05, 4.69) is 5.10 Å². The number of hydrogen-bond donors (Lipinski definition) is 2. The lowest BCUT2D eigenvalue weighted by Gasteiger charge is -1.96. The fraction of sp³-hybridized carbons (Fsp3) is 0. The molecule has 0 aliphatic rings. The lowest BCUT2D eigenvalue weighted by atomic mass is 10.2. The van der Waals surface area contributed by atoms with E-state index in [9.17, 15) is 0 Å². The largest absolute Gasteiger partial charge is 0.508 e. The van der Waals surface area contributed by atoms with Crippen molar-refractivity contribution < 1.29 is 5.11 Å². The van der Waals surface area contributed by atoms with E-state index in [0.717, 1.165) is 0 Å². The van der Waals surface area contributed by atoms with Crippen LogP contribution in [0.25, 0.3) is 0 Å². The second kappa shape index (κ2) is 3.25. The van der Waals surface area contributed by atoms with Crippen LogP contribution in [0, 0.1) is 0 Å². The van der Waals surface area contributed by atoms with Crippen LogP contribution in [0.5, 0.6) is 5.75 Å². The zero-order chi connectivity index (χ0) is 8.27. The van der Waals surface area contributed by atoms with Crippen molar-refractivity contribution in [2.45, 2.75) is 0 Å². The molecule has 0 aliphatic heterocycles. The number of phenolic OH excluding ortho intramolecular Hbond substituents is 1. The molecule has 3 nitrogen and oxygen atoms in total. The van der Waals surface area contributed by atoms with E-state index < -0.39 is 0 Å². The summed E-state index contributed by atoms with van der Waals surface area (Å²) in [5.74, 6) is 5.05. The third kappa shape index (κ3) is 1.85. The Morgan fingerprint density at radius 1 is 1.55 bits per heavy atom. The van der Waals surface area contributed by atoms with Gasteiger partial charge in [-0.15, -0.1) is 0 Å². The fourth-order valence-corrected chi connectivity index (χ4v) is 0.877. The molecule has 0 unspecified atom stereocenters. The van der Waals surface area contributed by atoms with Gasteiger partial charge in [0, 0.05) is 10.6 Å². The summed E-state index contributed by atoms with van der Waals surface area (Å²) in [6.07, 6.45) is 1.38. The third-order valence-electron chi connectivity index (χ3n) is 1.19. The van der Waals surface area contributed by atoms with Crippen molar-refractivity contribution in [1.82, 2.24) is 0 Å². The molecule has 0 radical (unpaired) electrons. The summed E-state index contributed by atoms with van der Waals surface area (Å²) in [6, 6.07) is 4.56. The molecule has 11 heavy (non-hydrogen) atoms. The second-order valence-corrected chi connectivity index (χ2v) is 2.39. The number of nitrogens with two attached hydrogens (primary N) is 1. The highest BCUT2D eigenvalue weighted by Crippen LogP contribution is 2.18. The second-order valence-electron chi connectivity index (χ2n) is 1.98. The van der Waals surface area contributed by atoms with Crippen molar-refractivity contribution >= 4 is 17.8 Å². The Morgan fingerprint density at radius 2 is 2.27 bits per heavy atom. The summed E-state index contributed by atoms with van der Waals surface area (Å²) in [4.78, 5) is 0. The lowest BCUT2D eigenvalue weighted by Crippen LogP contribution is -1.86. The normalized spacial score (nSPS) is 10.6. The van der Waals surface area contributed by atoms with Gasteiger partial charge in [0.05, 0.1) is 6.21 Å². The molecule has 0 bridgehead atoms. The van der Waals surface area contributed by atoms with Crippen LogP contribution in [-0.4, -0.2) is 11.3 Å². The van der Waals surface area contributed by atoms with Gasteiger partial charge in [-0.25, -0.2) is 0 Å². The Labute approximate surface area is 69.1 Å². The molecular formula is C7H7ClN2O. The summed E-state index contributed by atoms with van der Waals surface area (Å²) < 4.78 is 0. The van der Waals surface area contributed by atoms with E-state index in [1.165, 1.54) is 18.3 Å². The Morgan fingerprint density at radius 3 is 2.91 bits per heavy atom. The Balaban J connectivity index is 3.12. The van der Waals surface area contributed by atoms with Crippen LogP contribution in [0.15, 0.2) is 23.3 Å². The number of hydrogen-bond acceptors (Lipinski definition) is 3. The lowest BCUT2D eigenvalue weighted by molar-refractivity contribution is 0.475. The van der Waals surface area contributed by atoms with E-state index in [0.29, 0.717) is 10.6 Å². The molecular weight excluding hydrogens is 164 g/mol. The predicted molar refractivity (Wildman–Crippen MR) is 44.9 cm³/mol. The van der Waals surface area contributed by atoms with Gasteiger partial charge in [0.1, 0.15) is 5.75 Å². The molecule has 4 heteroatoms. The highest BCUT2D eigenvalue weighted by molar-refractivity contribution is 6.33. The highest BCUT2D eigenvalue weighted by Gasteiger charge is 1.97. The summed E-state index contributed by atoms with van der Waals surface area (Å²) in [5.41, 5.74) is 0.606. The molecule has 1 aromatic rings. The van der Waals surface area contributed by atoms with Gasteiger partial charge in [-0.05, 0) is 18.2 Å². The molecule has 1 rings (SSSR count). The summed E-state index contributed by atoms with van der Waals surface area (Å²) in [5, 5.41) is 12.8. The first-order chi connectivity index (χ1) is 5.24. The number of aromatic hydroxyl groups is 1. The SMILES string of the molecule is NN=Cc1cc(O)ccc1Cl. The van der Waals surface area contributed by atoms with E-state index in [1.807, 2.05) is 0 Å². The van der Waals surface area contributed by atoms with Crippen LogP contribution in [0.1, 0.15) is 5.56 Å². The van der Waals surface area contributed by atoms with Crippen LogP contribution < -0.4 is 5.84 Å². The van der Waals surface area contributed by atoms with Gasteiger partial charge in [0.25, 0.3) is 0 Å². The van der Waals surface area contributed by atoms with Gasteiger partial charge in [0.15, 0.2) is 0 Å². The van der Waals surface area contributed by atoms with E-state index in [4.69, 9.17) is 22.6 Å². The maximum atomic E-state index is 9.00. The van der Waals surface area contributed by atoms with Crippen LogP contribution in [0.3, 0.4) is 0 Å². The molecule has 0 aromatic heterocycles. The van der Waals surface area contributed by atoms with E-state index in [-0.39, 0.29) is 5.75 Å². The minimum Gasteiger partial charge on any atom is -0.508 e. The predicted octanol–water partition coefficient (Wildman–Crippen LogP) is 1.34. The van der Waals surface area contributed by atoms with Crippen molar-refractivity contribution in [3.8, 4) is 5.75 Å². The fourth-order valence-electron chi connectivity index (χ4n) is 0.710. The van der Waals surface area contributed by atoms with Gasteiger partial charge in [-0.3, -0.25) is 0 Å². The van der Waals surface area contributed by atoms with Crippen LogP contribution in [0.4, 0.5) is 0 Å². The first-order valence-corrected chi connectivity index (χ1v) is 3.33. The maximum absolute atomic E-state index is 9.00. The molecule has 0 saturated carbocycles. The Kier molecular flexibility index (Phi) is 2.33. The summed E-state index contributed by atoms with van der Waals surface area (Å²) in [6.45, 7) is 0. The average molecular weight is 171 g/mol. The van der Waals surface area contributed by atoms with Crippen molar-refractivity contribution in [3.05, 3.63) is 28.8 Å². The molecule has 0 heterocycles. The quantitative estimate of drug-likeness (QED) is 0.380. The molecule has 58 valence electrons. The van der Waals surface area contributed by atoms with Crippen LogP contribution in [0.2, 0.25) is 5.02 Å².